The highest BCUT2D eigenvalue weighted by Gasteiger charge is 2.40. The summed E-state index contributed by atoms with van der Waals surface area (Å²) in [6.07, 6.45) is 2.56. The molecule has 0 radical (unpaired) electrons. The Labute approximate surface area is 104 Å². The number of benzene rings is 1. The maximum Gasteiger partial charge on any atom is 0.164 e. The van der Waals surface area contributed by atoms with Crippen molar-refractivity contribution in [1.29, 1.82) is 0 Å². The highest BCUT2D eigenvalue weighted by Crippen LogP contribution is 2.50. The number of methoxy groups -OCH3 is 2. The first-order valence-electron chi connectivity index (χ1n) is 6.28. The minimum absolute atomic E-state index is 0.364. The van der Waals surface area contributed by atoms with Crippen molar-refractivity contribution < 1.29 is 9.47 Å². The molecule has 0 N–H and O–H groups in total. The smallest absolute Gasteiger partial charge is 0.164 e. The van der Waals surface area contributed by atoms with Crippen LogP contribution in [0.1, 0.15) is 50.7 Å². The minimum atomic E-state index is 0.364. The van der Waals surface area contributed by atoms with Crippen molar-refractivity contribution >= 4 is 0 Å². The minimum Gasteiger partial charge on any atom is -0.493 e. The molecule has 0 unspecified atom stereocenters. The molecule has 94 valence electrons. The maximum absolute atomic E-state index is 5.49. The van der Waals surface area contributed by atoms with Gasteiger partial charge in [-0.1, -0.05) is 26.8 Å². The predicted molar refractivity (Wildman–Crippen MR) is 70.2 cm³/mol. The Bertz CT molecular complexity index is 417. The third kappa shape index (κ3) is 2.13. The summed E-state index contributed by atoms with van der Waals surface area (Å²) in [6.45, 7) is 6.70. The molecule has 0 spiro atoms. The van der Waals surface area contributed by atoms with E-state index in [4.69, 9.17) is 9.47 Å². The average molecular weight is 234 g/mol. The largest absolute Gasteiger partial charge is 0.493 e. The van der Waals surface area contributed by atoms with E-state index in [-0.39, 0.29) is 0 Å². The van der Waals surface area contributed by atoms with Gasteiger partial charge in [-0.2, -0.15) is 0 Å². The zero-order chi connectivity index (χ0) is 12.6. The van der Waals surface area contributed by atoms with E-state index in [1.807, 2.05) is 0 Å². The lowest BCUT2D eigenvalue weighted by molar-refractivity contribution is 0.349. The van der Waals surface area contributed by atoms with Gasteiger partial charge in [0.15, 0.2) is 11.5 Å². The van der Waals surface area contributed by atoms with E-state index in [9.17, 15) is 0 Å². The van der Waals surface area contributed by atoms with Gasteiger partial charge >= 0.3 is 0 Å². The summed E-state index contributed by atoms with van der Waals surface area (Å²) < 4.78 is 11.0. The van der Waals surface area contributed by atoms with Gasteiger partial charge in [0.25, 0.3) is 0 Å². The second-order valence-corrected chi connectivity index (χ2v) is 5.52. The summed E-state index contributed by atoms with van der Waals surface area (Å²) in [5.41, 5.74) is 3.00. The van der Waals surface area contributed by atoms with Crippen molar-refractivity contribution in [2.24, 2.45) is 0 Å². The van der Waals surface area contributed by atoms with Gasteiger partial charge in [-0.15, -0.1) is 0 Å². The number of hydrogen-bond acceptors (Lipinski definition) is 2. The summed E-state index contributed by atoms with van der Waals surface area (Å²) in [6, 6.07) is 4.43. The molecule has 0 aliphatic heterocycles. The van der Waals surface area contributed by atoms with Crippen LogP contribution >= 0.6 is 0 Å². The molecule has 0 atom stereocenters. The fourth-order valence-electron chi connectivity index (χ4n) is 2.25. The molecular formula is C15H22O2. The van der Waals surface area contributed by atoms with E-state index in [1.54, 1.807) is 14.2 Å². The van der Waals surface area contributed by atoms with Crippen molar-refractivity contribution in [1.82, 2.24) is 0 Å². The van der Waals surface area contributed by atoms with Gasteiger partial charge in [-0.3, -0.25) is 0 Å². The number of ether oxygens (including phenoxy) is 2. The first kappa shape index (κ1) is 12.3. The van der Waals surface area contributed by atoms with Gasteiger partial charge < -0.3 is 9.47 Å². The molecule has 0 amide bonds. The topological polar surface area (TPSA) is 18.5 Å². The van der Waals surface area contributed by atoms with Crippen LogP contribution in [0.4, 0.5) is 0 Å². The standard InChI is InChI=1S/C15H22O2/c1-10(2)12-8-11(15(3)6-7-15)9-13(16-4)14(12)17-5/h8-10H,6-7H2,1-5H3. The summed E-state index contributed by atoms with van der Waals surface area (Å²) in [4.78, 5) is 0. The van der Waals surface area contributed by atoms with Crippen LogP contribution in [0.25, 0.3) is 0 Å². The van der Waals surface area contributed by atoms with Crippen LogP contribution in [-0.4, -0.2) is 14.2 Å². The zero-order valence-corrected chi connectivity index (χ0v) is 11.5. The van der Waals surface area contributed by atoms with Crippen LogP contribution in [0.15, 0.2) is 12.1 Å². The van der Waals surface area contributed by atoms with Crippen molar-refractivity contribution in [2.75, 3.05) is 14.2 Å². The first-order valence-corrected chi connectivity index (χ1v) is 6.28. The lowest BCUT2D eigenvalue weighted by Gasteiger charge is -2.19. The summed E-state index contributed by atoms with van der Waals surface area (Å²) >= 11 is 0. The van der Waals surface area contributed by atoms with E-state index >= 15 is 0 Å². The maximum atomic E-state index is 5.49. The van der Waals surface area contributed by atoms with E-state index < -0.39 is 0 Å². The van der Waals surface area contributed by atoms with Crippen LogP contribution in [0, 0.1) is 0 Å². The molecule has 1 aromatic carbocycles. The molecule has 1 aromatic rings. The fraction of sp³-hybridized carbons (Fsp3) is 0.600. The molecule has 0 aromatic heterocycles. The molecule has 2 rings (SSSR count). The Kier molecular flexibility index (Phi) is 3.07. The van der Waals surface area contributed by atoms with Gasteiger partial charge in [0.05, 0.1) is 14.2 Å². The van der Waals surface area contributed by atoms with Crippen molar-refractivity contribution in [2.45, 2.75) is 44.9 Å². The molecule has 1 aliphatic rings. The molecule has 1 aliphatic carbocycles. The second-order valence-electron chi connectivity index (χ2n) is 5.52. The highest BCUT2D eigenvalue weighted by atomic mass is 16.5. The molecule has 2 nitrogen and oxygen atoms in total. The zero-order valence-electron chi connectivity index (χ0n) is 11.5. The molecule has 0 bridgehead atoms. The summed E-state index contributed by atoms with van der Waals surface area (Å²) in [5.74, 6) is 2.19. The Balaban J connectivity index is 2.55. The Morgan fingerprint density at radius 3 is 2.18 bits per heavy atom. The molecule has 17 heavy (non-hydrogen) atoms. The monoisotopic (exact) mass is 234 g/mol. The van der Waals surface area contributed by atoms with E-state index in [1.165, 1.54) is 24.0 Å². The van der Waals surface area contributed by atoms with Crippen LogP contribution in [0.3, 0.4) is 0 Å². The van der Waals surface area contributed by atoms with Gasteiger partial charge in [0, 0.05) is 5.56 Å². The molecular weight excluding hydrogens is 212 g/mol. The third-order valence-electron chi connectivity index (χ3n) is 3.83. The molecule has 0 saturated heterocycles. The van der Waals surface area contributed by atoms with Crippen molar-refractivity contribution in [3.8, 4) is 11.5 Å². The van der Waals surface area contributed by atoms with E-state index in [0.29, 0.717) is 11.3 Å². The highest BCUT2D eigenvalue weighted by molar-refractivity contribution is 5.53. The number of rotatable bonds is 4. The molecule has 0 heterocycles. The average Bonchev–Trinajstić information content (AvgIpc) is 3.06. The Morgan fingerprint density at radius 1 is 1.12 bits per heavy atom. The first-order chi connectivity index (χ1) is 8.01. The van der Waals surface area contributed by atoms with Crippen LogP contribution in [0.5, 0.6) is 11.5 Å². The van der Waals surface area contributed by atoms with E-state index in [0.717, 1.165) is 11.5 Å². The SMILES string of the molecule is COc1cc(C2(C)CC2)cc(C(C)C)c1OC. The second kappa shape index (κ2) is 4.25. The normalized spacial score (nSPS) is 17.1. The lowest BCUT2D eigenvalue weighted by atomic mass is 9.91. The Hall–Kier alpha value is -1.18. The van der Waals surface area contributed by atoms with E-state index in [2.05, 4.69) is 32.9 Å². The predicted octanol–water partition coefficient (Wildman–Crippen LogP) is 3.88. The number of hydrogen-bond donors (Lipinski definition) is 0. The van der Waals surface area contributed by atoms with Crippen molar-refractivity contribution in [3.63, 3.8) is 0 Å². The van der Waals surface area contributed by atoms with Crippen LogP contribution in [0.2, 0.25) is 0 Å². The molecule has 2 heteroatoms. The van der Waals surface area contributed by atoms with Gasteiger partial charge in [0.2, 0.25) is 0 Å². The lowest BCUT2D eigenvalue weighted by Crippen LogP contribution is -2.05. The van der Waals surface area contributed by atoms with Gasteiger partial charge in [-0.05, 0) is 35.8 Å². The quantitative estimate of drug-likeness (QED) is 0.787. The van der Waals surface area contributed by atoms with Gasteiger partial charge in [-0.25, -0.2) is 0 Å². The van der Waals surface area contributed by atoms with Crippen molar-refractivity contribution in [3.05, 3.63) is 23.3 Å². The third-order valence-corrected chi connectivity index (χ3v) is 3.83. The summed E-state index contributed by atoms with van der Waals surface area (Å²) in [7, 11) is 3.42. The summed E-state index contributed by atoms with van der Waals surface area (Å²) in [5, 5.41) is 0. The molecule has 1 saturated carbocycles. The molecule has 1 fully saturated rings. The Morgan fingerprint density at radius 2 is 1.76 bits per heavy atom. The fourth-order valence-corrected chi connectivity index (χ4v) is 2.25. The van der Waals surface area contributed by atoms with Crippen LogP contribution in [-0.2, 0) is 5.41 Å². The van der Waals surface area contributed by atoms with Crippen LogP contribution < -0.4 is 9.47 Å². The van der Waals surface area contributed by atoms with Gasteiger partial charge in [0.1, 0.15) is 0 Å².